The summed E-state index contributed by atoms with van der Waals surface area (Å²) in [5.74, 6) is 1.16. The summed E-state index contributed by atoms with van der Waals surface area (Å²) in [5.41, 5.74) is 2.18. The number of sulfonamides is 1. The number of methoxy groups -OCH3 is 1. The molecule has 1 aliphatic heterocycles. The van der Waals surface area contributed by atoms with Crippen LogP contribution in [0.25, 0.3) is 0 Å². The van der Waals surface area contributed by atoms with Crippen molar-refractivity contribution in [2.75, 3.05) is 13.7 Å². The van der Waals surface area contributed by atoms with Gasteiger partial charge in [0.1, 0.15) is 5.75 Å². The highest BCUT2D eigenvalue weighted by Gasteiger charge is 2.33. The predicted molar refractivity (Wildman–Crippen MR) is 109 cm³/mol. The Kier molecular flexibility index (Phi) is 6.22. The van der Waals surface area contributed by atoms with E-state index in [2.05, 4.69) is 13.8 Å². The minimum atomic E-state index is -3.54. The first-order valence-corrected chi connectivity index (χ1v) is 11.1. The van der Waals surface area contributed by atoms with Crippen LogP contribution in [0.1, 0.15) is 62.6 Å². The van der Waals surface area contributed by atoms with Crippen molar-refractivity contribution in [1.82, 2.24) is 4.31 Å². The monoisotopic (exact) mass is 387 g/mol. The molecule has 2 aromatic rings. The highest BCUT2D eigenvalue weighted by Crippen LogP contribution is 2.35. The van der Waals surface area contributed by atoms with Gasteiger partial charge in [-0.1, -0.05) is 51.0 Å². The summed E-state index contributed by atoms with van der Waals surface area (Å²) >= 11 is 0. The standard InChI is InChI=1S/C22H29NO3S/c1-17(2)18-10-14-21(15-11-18)27(24,25)23-16-6-4-5-7-22(23)19-8-12-20(26-3)13-9-19/h8-15,17,22H,4-7,16H2,1-3H3. The SMILES string of the molecule is COc1ccc(C2CCCCCN2S(=O)(=O)c2ccc(C(C)C)cc2)cc1. The van der Waals surface area contributed by atoms with Crippen LogP contribution in [0.15, 0.2) is 53.4 Å². The van der Waals surface area contributed by atoms with Gasteiger partial charge in [0.2, 0.25) is 10.0 Å². The van der Waals surface area contributed by atoms with Crippen molar-refractivity contribution >= 4 is 10.0 Å². The number of nitrogens with zero attached hydrogens (tertiary/aromatic N) is 1. The van der Waals surface area contributed by atoms with Gasteiger partial charge in [-0.3, -0.25) is 0 Å². The zero-order valence-electron chi connectivity index (χ0n) is 16.4. The first-order valence-electron chi connectivity index (χ1n) is 9.69. The van der Waals surface area contributed by atoms with Crippen LogP contribution in [-0.4, -0.2) is 26.4 Å². The maximum Gasteiger partial charge on any atom is 0.243 e. The van der Waals surface area contributed by atoms with Gasteiger partial charge in [0.05, 0.1) is 18.0 Å². The van der Waals surface area contributed by atoms with Crippen LogP contribution in [0.5, 0.6) is 5.75 Å². The van der Waals surface area contributed by atoms with Crippen LogP contribution in [0, 0.1) is 0 Å². The van der Waals surface area contributed by atoms with Crippen molar-refractivity contribution in [1.29, 1.82) is 0 Å². The van der Waals surface area contributed by atoms with Crippen LogP contribution in [-0.2, 0) is 10.0 Å². The van der Waals surface area contributed by atoms with E-state index in [0.717, 1.165) is 42.6 Å². The lowest BCUT2D eigenvalue weighted by molar-refractivity contribution is 0.328. The molecular weight excluding hydrogens is 358 g/mol. The Morgan fingerprint density at radius 1 is 0.963 bits per heavy atom. The number of hydrogen-bond acceptors (Lipinski definition) is 3. The molecule has 1 aliphatic rings. The molecule has 1 fully saturated rings. The molecule has 1 saturated heterocycles. The quantitative estimate of drug-likeness (QED) is 0.715. The molecule has 146 valence electrons. The highest BCUT2D eigenvalue weighted by molar-refractivity contribution is 7.89. The van der Waals surface area contributed by atoms with E-state index in [4.69, 9.17) is 4.74 Å². The minimum absolute atomic E-state index is 0.131. The molecule has 4 nitrogen and oxygen atoms in total. The molecule has 0 aliphatic carbocycles. The number of hydrogen-bond donors (Lipinski definition) is 0. The Hall–Kier alpha value is -1.85. The third-order valence-electron chi connectivity index (χ3n) is 5.36. The molecule has 0 N–H and O–H groups in total. The zero-order valence-corrected chi connectivity index (χ0v) is 17.2. The first kappa shape index (κ1) is 19.9. The van der Waals surface area contributed by atoms with E-state index in [9.17, 15) is 8.42 Å². The van der Waals surface area contributed by atoms with E-state index in [1.807, 2.05) is 36.4 Å². The number of benzene rings is 2. The van der Waals surface area contributed by atoms with E-state index in [0.29, 0.717) is 17.4 Å². The lowest BCUT2D eigenvalue weighted by atomic mass is 10.0. The van der Waals surface area contributed by atoms with Gasteiger partial charge in [-0.05, 0) is 54.2 Å². The topological polar surface area (TPSA) is 46.6 Å². The van der Waals surface area contributed by atoms with Gasteiger partial charge in [0.15, 0.2) is 0 Å². The van der Waals surface area contributed by atoms with Gasteiger partial charge in [-0.25, -0.2) is 8.42 Å². The Morgan fingerprint density at radius 3 is 2.22 bits per heavy atom. The van der Waals surface area contributed by atoms with Crippen molar-refractivity contribution in [3.8, 4) is 5.75 Å². The first-order chi connectivity index (χ1) is 12.9. The molecule has 0 radical (unpaired) electrons. The van der Waals surface area contributed by atoms with Gasteiger partial charge in [0.25, 0.3) is 0 Å². The predicted octanol–water partition coefficient (Wildman–Crippen LogP) is 5.12. The van der Waals surface area contributed by atoms with E-state index in [-0.39, 0.29) is 6.04 Å². The van der Waals surface area contributed by atoms with E-state index >= 15 is 0 Å². The Labute approximate surface area is 163 Å². The van der Waals surface area contributed by atoms with Gasteiger partial charge >= 0.3 is 0 Å². The maximum absolute atomic E-state index is 13.4. The summed E-state index contributed by atoms with van der Waals surface area (Å²) in [5, 5.41) is 0. The number of rotatable bonds is 5. The van der Waals surface area contributed by atoms with Gasteiger partial charge in [-0.15, -0.1) is 0 Å². The Morgan fingerprint density at radius 2 is 1.63 bits per heavy atom. The molecule has 0 saturated carbocycles. The fraction of sp³-hybridized carbons (Fsp3) is 0.455. The van der Waals surface area contributed by atoms with Gasteiger partial charge in [0, 0.05) is 6.54 Å². The van der Waals surface area contributed by atoms with Crippen LogP contribution < -0.4 is 4.74 Å². The lowest BCUT2D eigenvalue weighted by Crippen LogP contribution is -2.34. The van der Waals surface area contributed by atoms with Crippen molar-refractivity contribution < 1.29 is 13.2 Å². The molecule has 0 bridgehead atoms. The summed E-state index contributed by atoms with van der Waals surface area (Å²) in [7, 11) is -1.90. The largest absolute Gasteiger partial charge is 0.497 e. The van der Waals surface area contributed by atoms with Crippen LogP contribution >= 0.6 is 0 Å². The third kappa shape index (κ3) is 4.36. The average molecular weight is 388 g/mol. The second-order valence-corrected chi connectivity index (χ2v) is 9.37. The summed E-state index contributed by atoms with van der Waals surface area (Å²) in [6.07, 6.45) is 3.84. The van der Waals surface area contributed by atoms with Crippen molar-refractivity contribution in [2.45, 2.75) is 56.4 Å². The van der Waals surface area contributed by atoms with E-state index in [1.165, 1.54) is 0 Å². The Balaban J connectivity index is 1.95. The fourth-order valence-corrected chi connectivity index (χ4v) is 5.37. The molecule has 2 aromatic carbocycles. The summed E-state index contributed by atoms with van der Waals surface area (Å²) in [6.45, 7) is 4.78. The second-order valence-electron chi connectivity index (χ2n) is 7.48. The minimum Gasteiger partial charge on any atom is -0.497 e. The van der Waals surface area contributed by atoms with Gasteiger partial charge in [-0.2, -0.15) is 4.31 Å². The van der Waals surface area contributed by atoms with Crippen molar-refractivity contribution in [3.63, 3.8) is 0 Å². The molecule has 1 atom stereocenters. The lowest BCUT2D eigenvalue weighted by Gasteiger charge is -2.29. The van der Waals surface area contributed by atoms with Crippen LogP contribution in [0.2, 0.25) is 0 Å². The smallest absolute Gasteiger partial charge is 0.243 e. The van der Waals surface area contributed by atoms with E-state index in [1.54, 1.807) is 23.5 Å². The molecule has 1 unspecified atom stereocenters. The third-order valence-corrected chi connectivity index (χ3v) is 7.28. The average Bonchev–Trinajstić information content (AvgIpc) is 2.95. The number of ether oxygens (including phenoxy) is 1. The molecule has 0 amide bonds. The Bertz CT molecular complexity index is 842. The molecule has 5 heteroatoms. The van der Waals surface area contributed by atoms with Crippen LogP contribution in [0.4, 0.5) is 0 Å². The van der Waals surface area contributed by atoms with E-state index < -0.39 is 10.0 Å². The zero-order chi connectivity index (χ0) is 19.4. The molecule has 0 aromatic heterocycles. The van der Waals surface area contributed by atoms with Crippen LogP contribution in [0.3, 0.4) is 0 Å². The van der Waals surface area contributed by atoms with Crippen molar-refractivity contribution in [3.05, 3.63) is 59.7 Å². The molecule has 3 rings (SSSR count). The molecule has 27 heavy (non-hydrogen) atoms. The molecule has 0 spiro atoms. The van der Waals surface area contributed by atoms with Gasteiger partial charge < -0.3 is 4.74 Å². The highest BCUT2D eigenvalue weighted by atomic mass is 32.2. The maximum atomic E-state index is 13.4. The normalized spacial score (nSPS) is 19.0. The molecule has 1 heterocycles. The summed E-state index contributed by atoms with van der Waals surface area (Å²) < 4.78 is 33.8. The fourth-order valence-electron chi connectivity index (χ4n) is 3.69. The molecular formula is C22H29NO3S. The second kappa shape index (κ2) is 8.44. The van der Waals surface area contributed by atoms with Crippen molar-refractivity contribution in [2.24, 2.45) is 0 Å². The summed E-state index contributed by atoms with van der Waals surface area (Å²) in [6, 6.07) is 15.0. The summed E-state index contributed by atoms with van der Waals surface area (Å²) in [4.78, 5) is 0.382.